The number of aliphatic hydroxyl groups is 1. The van der Waals surface area contributed by atoms with Gasteiger partial charge in [0.1, 0.15) is 0 Å². The summed E-state index contributed by atoms with van der Waals surface area (Å²) in [6.07, 6.45) is 7.99. The van der Waals surface area contributed by atoms with Gasteiger partial charge in [0, 0.05) is 13.0 Å². The Bertz CT molecular complexity index is 306. The second kappa shape index (κ2) is 6.93. The standard InChI is InChI=1S/C15H27NO2/c1-12(2)10-15(3,18)11-16-14(17)9-13-7-5-4-6-8-13/h7,12,18H,4-6,8-11H2,1-3H3,(H,16,17). The van der Waals surface area contributed by atoms with Crippen LogP contribution in [0.15, 0.2) is 11.6 Å². The zero-order valence-electron chi connectivity index (χ0n) is 12.0. The van der Waals surface area contributed by atoms with Gasteiger partial charge in [0.25, 0.3) is 0 Å². The fourth-order valence-electron chi connectivity index (χ4n) is 2.57. The number of rotatable bonds is 6. The molecule has 0 bridgehead atoms. The first-order valence-electron chi connectivity index (χ1n) is 7.06. The minimum atomic E-state index is -0.801. The predicted molar refractivity (Wildman–Crippen MR) is 74.3 cm³/mol. The monoisotopic (exact) mass is 253 g/mol. The average molecular weight is 253 g/mol. The summed E-state index contributed by atoms with van der Waals surface area (Å²) in [6, 6.07) is 0. The molecule has 1 aliphatic carbocycles. The highest BCUT2D eigenvalue weighted by molar-refractivity contribution is 5.78. The number of carbonyl (C=O) groups excluding carboxylic acids is 1. The maximum atomic E-state index is 11.8. The van der Waals surface area contributed by atoms with Crippen LogP contribution in [0.1, 0.15) is 59.3 Å². The van der Waals surface area contributed by atoms with Crippen LogP contribution >= 0.6 is 0 Å². The molecule has 0 saturated carbocycles. The van der Waals surface area contributed by atoms with Crippen molar-refractivity contribution in [3.63, 3.8) is 0 Å². The van der Waals surface area contributed by atoms with Gasteiger partial charge in [-0.3, -0.25) is 4.79 Å². The van der Waals surface area contributed by atoms with E-state index >= 15 is 0 Å². The van der Waals surface area contributed by atoms with Crippen molar-refractivity contribution in [1.29, 1.82) is 0 Å². The smallest absolute Gasteiger partial charge is 0.224 e. The molecule has 1 amide bonds. The maximum Gasteiger partial charge on any atom is 0.224 e. The molecular formula is C15H27NO2. The van der Waals surface area contributed by atoms with E-state index in [4.69, 9.17) is 0 Å². The van der Waals surface area contributed by atoms with Crippen LogP contribution in [0, 0.1) is 5.92 Å². The van der Waals surface area contributed by atoms with Gasteiger partial charge in [-0.1, -0.05) is 25.5 Å². The number of hydrogen-bond acceptors (Lipinski definition) is 2. The molecule has 0 aliphatic heterocycles. The lowest BCUT2D eigenvalue weighted by Gasteiger charge is -2.25. The summed E-state index contributed by atoms with van der Waals surface area (Å²) in [6.45, 7) is 6.27. The first-order chi connectivity index (χ1) is 8.39. The number of carbonyl (C=O) groups is 1. The van der Waals surface area contributed by atoms with Crippen molar-refractivity contribution in [2.45, 2.75) is 64.9 Å². The third kappa shape index (κ3) is 6.20. The Morgan fingerprint density at radius 2 is 2.22 bits per heavy atom. The molecule has 0 aromatic carbocycles. The van der Waals surface area contributed by atoms with Crippen LogP contribution in [-0.2, 0) is 4.79 Å². The topological polar surface area (TPSA) is 49.3 Å². The minimum absolute atomic E-state index is 0.0344. The summed E-state index contributed by atoms with van der Waals surface area (Å²) in [5.74, 6) is 0.463. The summed E-state index contributed by atoms with van der Waals surface area (Å²) < 4.78 is 0. The lowest BCUT2D eigenvalue weighted by atomic mass is 9.94. The zero-order valence-corrected chi connectivity index (χ0v) is 12.0. The van der Waals surface area contributed by atoms with Crippen molar-refractivity contribution in [3.8, 4) is 0 Å². The van der Waals surface area contributed by atoms with Crippen LogP contribution in [0.4, 0.5) is 0 Å². The molecule has 0 radical (unpaired) electrons. The van der Waals surface area contributed by atoms with E-state index < -0.39 is 5.60 Å². The van der Waals surface area contributed by atoms with Crippen molar-refractivity contribution < 1.29 is 9.90 Å². The molecule has 0 fully saturated rings. The number of nitrogens with one attached hydrogen (secondary N) is 1. The molecule has 0 saturated heterocycles. The first-order valence-corrected chi connectivity index (χ1v) is 7.06. The second-order valence-corrected chi connectivity index (χ2v) is 6.16. The number of hydrogen-bond donors (Lipinski definition) is 2. The van der Waals surface area contributed by atoms with Crippen molar-refractivity contribution in [2.24, 2.45) is 5.92 Å². The Hall–Kier alpha value is -0.830. The second-order valence-electron chi connectivity index (χ2n) is 6.16. The van der Waals surface area contributed by atoms with Gasteiger partial charge >= 0.3 is 0 Å². The Kier molecular flexibility index (Phi) is 5.86. The van der Waals surface area contributed by atoms with E-state index in [0.29, 0.717) is 25.3 Å². The van der Waals surface area contributed by atoms with Gasteiger partial charge in [0.15, 0.2) is 0 Å². The van der Waals surface area contributed by atoms with Crippen LogP contribution in [0.25, 0.3) is 0 Å². The molecule has 1 atom stereocenters. The fourth-order valence-corrected chi connectivity index (χ4v) is 2.57. The van der Waals surface area contributed by atoms with Gasteiger partial charge in [0.2, 0.25) is 5.91 Å². The fraction of sp³-hybridized carbons (Fsp3) is 0.800. The largest absolute Gasteiger partial charge is 0.388 e. The Labute approximate surface area is 111 Å². The van der Waals surface area contributed by atoms with Crippen molar-refractivity contribution >= 4 is 5.91 Å². The van der Waals surface area contributed by atoms with Crippen LogP contribution in [0.5, 0.6) is 0 Å². The third-order valence-corrected chi connectivity index (χ3v) is 3.29. The molecule has 0 aromatic rings. The summed E-state index contributed by atoms with van der Waals surface area (Å²) in [7, 11) is 0. The quantitative estimate of drug-likeness (QED) is 0.715. The highest BCUT2D eigenvalue weighted by atomic mass is 16.3. The molecule has 0 aromatic heterocycles. The third-order valence-electron chi connectivity index (χ3n) is 3.29. The zero-order chi connectivity index (χ0) is 13.6. The molecule has 3 heteroatoms. The van der Waals surface area contributed by atoms with Crippen LogP contribution in [0.2, 0.25) is 0 Å². The van der Waals surface area contributed by atoms with Crippen LogP contribution in [0.3, 0.4) is 0 Å². The van der Waals surface area contributed by atoms with E-state index in [1.54, 1.807) is 6.92 Å². The minimum Gasteiger partial charge on any atom is -0.388 e. The van der Waals surface area contributed by atoms with Gasteiger partial charge < -0.3 is 10.4 Å². The SMILES string of the molecule is CC(C)CC(C)(O)CNC(=O)CC1=CCCCC1. The van der Waals surface area contributed by atoms with Gasteiger partial charge in [0.05, 0.1) is 5.60 Å². The van der Waals surface area contributed by atoms with Gasteiger partial charge in [-0.15, -0.1) is 0 Å². The lowest BCUT2D eigenvalue weighted by molar-refractivity contribution is -0.121. The lowest BCUT2D eigenvalue weighted by Crippen LogP contribution is -2.41. The average Bonchev–Trinajstić information content (AvgIpc) is 2.26. The highest BCUT2D eigenvalue weighted by Crippen LogP contribution is 2.20. The normalized spacial score (nSPS) is 19.3. The summed E-state index contributed by atoms with van der Waals surface area (Å²) >= 11 is 0. The Balaban J connectivity index is 2.30. The van der Waals surface area contributed by atoms with Crippen molar-refractivity contribution in [2.75, 3.05) is 6.54 Å². The van der Waals surface area contributed by atoms with Crippen molar-refractivity contribution in [1.82, 2.24) is 5.32 Å². The molecule has 1 rings (SSSR count). The summed E-state index contributed by atoms with van der Waals surface area (Å²) in [5.41, 5.74) is 0.451. The molecular weight excluding hydrogens is 226 g/mol. The Morgan fingerprint density at radius 3 is 2.78 bits per heavy atom. The van der Waals surface area contributed by atoms with E-state index in [1.165, 1.54) is 18.4 Å². The predicted octanol–water partition coefficient (Wildman–Crippen LogP) is 2.79. The van der Waals surface area contributed by atoms with E-state index in [2.05, 4.69) is 25.2 Å². The van der Waals surface area contributed by atoms with Gasteiger partial charge in [-0.2, -0.15) is 0 Å². The number of amides is 1. The van der Waals surface area contributed by atoms with Gasteiger partial charge in [-0.25, -0.2) is 0 Å². The first kappa shape index (κ1) is 15.2. The van der Waals surface area contributed by atoms with Crippen LogP contribution < -0.4 is 5.32 Å². The molecule has 0 heterocycles. The molecule has 2 N–H and O–H groups in total. The Morgan fingerprint density at radius 1 is 1.50 bits per heavy atom. The van der Waals surface area contributed by atoms with Gasteiger partial charge in [-0.05, 0) is 44.9 Å². The molecule has 3 nitrogen and oxygen atoms in total. The molecule has 18 heavy (non-hydrogen) atoms. The van der Waals surface area contributed by atoms with E-state index in [1.807, 2.05) is 0 Å². The summed E-state index contributed by atoms with van der Waals surface area (Å²) in [5, 5.41) is 13.0. The number of allylic oxidation sites excluding steroid dienone is 1. The van der Waals surface area contributed by atoms with Crippen molar-refractivity contribution in [3.05, 3.63) is 11.6 Å². The van der Waals surface area contributed by atoms with E-state index in [9.17, 15) is 9.90 Å². The van der Waals surface area contributed by atoms with E-state index in [-0.39, 0.29) is 5.91 Å². The summed E-state index contributed by atoms with van der Waals surface area (Å²) in [4.78, 5) is 11.8. The molecule has 0 spiro atoms. The van der Waals surface area contributed by atoms with Crippen LogP contribution in [-0.4, -0.2) is 23.2 Å². The highest BCUT2D eigenvalue weighted by Gasteiger charge is 2.22. The molecule has 104 valence electrons. The molecule has 1 aliphatic rings. The maximum absolute atomic E-state index is 11.8. The van der Waals surface area contributed by atoms with E-state index in [0.717, 1.165) is 12.8 Å². The molecule has 1 unspecified atom stereocenters.